The van der Waals surface area contributed by atoms with Crippen LogP contribution >= 0.6 is 0 Å². The molecule has 1 aliphatic rings. The molecular formula is C9H15O2Re-. The van der Waals surface area contributed by atoms with Gasteiger partial charge < -0.3 is 10.2 Å². The summed E-state index contributed by atoms with van der Waals surface area (Å²) in [5.74, 6) is 0.148. The Morgan fingerprint density at radius 3 is 2.50 bits per heavy atom. The molecule has 0 aromatic heterocycles. The van der Waals surface area contributed by atoms with Gasteiger partial charge in [0.2, 0.25) is 0 Å². The van der Waals surface area contributed by atoms with Crippen molar-refractivity contribution < 1.29 is 30.6 Å². The Kier molecular flexibility index (Phi) is 4.65. The zero-order valence-corrected chi connectivity index (χ0v) is 10.1. The Balaban J connectivity index is 0.00000121. The van der Waals surface area contributed by atoms with Crippen LogP contribution in [0.2, 0.25) is 0 Å². The summed E-state index contributed by atoms with van der Waals surface area (Å²) in [6.45, 7) is 3.49. The fraction of sp³-hybridized carbons (Fsp3) is 0.667. The Hall–Kier alpha value is 0.322. The summed E-state index contributed by atoms with van der Waals surface area (Å²) >= 11 is 0. The van der Waals surface area contributed by atoms with Gasteiger partial charge in [-0.3, -0.25) is 0 Å². The van der Waals surface area contributed by atoms with Crippen molar-refractivity contribution in [1.29, 1.82) is 0 Å². The third kappa shape index (κ3) is 3.37. The maximum absolute atomic E-state index is 9.50. The van der Waals surface area contributed by atoms with E-state index in [1.165, 1.54) is 0 Å². The van der Waals surface area contributed by atoms with Gasteiger partial charge in [-0.2, -0.15) is 13.0 Å². The Bertz CT molecular complexity index is 164. The fourth-order valence-corrected chi connectivity index (χ4v) is 1.30. The molecule has 1 radical (unpaired) electrons. The van der Waals surface area contributed by atoms with Crippen LogP contribution in [-0.4, -0.2) is 15.8 Å². The molecular weight excluding hydrogens is 326 g/mol. The van der Waals surface area contributed by atoms with Crippen LogP contribution in [0, 0.1) is 12.0 Å². The molecule has 0 aliphatic heterocycles. The summed E-state index contributed by atoms with van der Waals surface area (Å²) in [4.78, 5) is 0. The molecule has 0 amide bonds. The second kappa shape index (κ2) is 4.53. The van der Waals surface area contributed by atoms with Gasteiger partial charge in [0.1, 0.15) is 0 Å². The topological polar surface area (TPSA) is 40.5 Å². The van der Waals surface area contributed by atoms with Crippen molar-refractivity contribution in [2.24, 2.45) is 5.92 Å². The predicted octanol–water partition coefficient (Wildman–Crippen LogP) is 1.63. The predicted molar refractivity (Wildman–Crippen MR) is 43.3 cm³/mol. The van der Waals surface area contributed by atoms with Crippen LogP contribution in [0.25, 0.3) is 0 Å². The van der Waals surface area contributed by atoms with E-state index in [9.17, 15) is 5.11 Å². The van der Waals surface area contributed by atoms with Gasteiger partial charge >= 0.3 is 0 Å². The molecule has 3 heteroatoms. The average molecular weight is 341 g/mol. The van der Waals surface area contributed by atoms with Crippen molar-refractivity contribution in [2.75, 3.05) is 0 Å². The van der Waals surface area contributed by atoms with E-state index in [-0.39, 0.29) is 26.3 Å². The molecule has 0 fully saturated rings. The van der Waals surface area contributed by atoms with Gasteiger partial charge in [0.05, 0.1) is 5.60 Å². The molecule has 0 aromatic carbocycles. The summed E-state index contributed by atoms with van der Waals surface area (Å²) in [7, 11) is 0. The second-order valence-electron chi connectivity index (χ2n) is 3.50. The summed E-state index contributed by atoms with van der Waals surface area (Å²) in [6, 6.07) is 0. The van der Waals surface area contributed by atoms with Gasteiger partial charge in [-0.1, -0.05) is 12.5 Å². The minimum atomic E-state index is -0.661. The monoisotopic (exact) mass is 342 g/mol. The van der Waals surface area contributed by atoms with Gasteiger partial charge in [-0.05, 0) is 13.3 Å². The quantitative estimate of drug-likeness (QED) is 0.562. The molecule has 2 nitrogen and oxygen atoms in total. The first-order valence-corrected chi connectivity index (χ1v) is 3.95. The van der Waals surface area contributed by atoms with E-state index in [1.807, 2.05) is 6.08 Å². The Morgan fingerprint density at radius 1 is 1.58 bits per heavy atom. The first-order valence-electron chi connectivity index (χ1n) is 3.95. The molecule has 1 rings (SSSR count). The summed E-state index contributed by atoms with van der Waals surface area (Å²) < 4.78 is 0. The molecule has 0 aromatic rings. The molecule has 71 valence electrons. The van der Waals surface area contributed by atoms with E-state index in [0.717, 1.165) is 12.8 Å². The van der Waals surface area contributed by atoms with Crippen LogP contribution in [0.1, 0.15) is 26.7 Å². The Morgan fingerprint density at radius 2 is 2.17 bits per heavy atom. The van der Waals surface area contributed by atoms with Crippen molar-refractivity contribution in [1.82, 2.24) is 0 Å². The summed E-state index contributed by atoms with van der Waals surface area (Å²) in [5, 5.41) is 18.6. The van der Waals surface area contributed by atoms with E-state index in [0.29, 0.717) is 6.10 Å². The maximum atomic E-state index is 9.50. The van der Waals surface area contributed by atoms with Crippen LogP contribution < -0.4 is 0 Å². The molecule has 12 heavy (non-hydrogen) atoms. The van der Waals surface area contributed by atoms with E-state index < -0.39 is 5.60 Å². The normalized spacial score (nSPS) is 34.9. The second-order valence-corrected chi connectivity index (χ2v) is 3.50. The van der Waals surface area contributed by atoms with Gasteiger partial charge in [0, 0.05) is 20.4 Å². The first kappa shape index (κ1) is 12.3. The van der Waals surface area contributed by atoms with Gasteiger partial charge in [-0.25, -0.2) is 0 Å². The third-order valence-electron chi connectivity index (χ3n) is 2.19. The molecule has 0 spiro atoms. The largest absolute Gasteiger partial charge is 0.563 e. The molecule has 2 N–H and O–H groups in total. The van der Waals surface area contributed by atoms with Crippen LogP contribution in [0.3, 0.4) is 0 Å². The van der Waals surface area contributed by atoms with Gasteiger partial charge in [0.25, 0.3) is 0 Å². The summed E-state index contributed by atoms with van der Waals surface area (Å²) in [5.41, 5.74) is -0.661. The molecule has 0 saturated heterocycles. The zero-order chi connectivity index (χ0) is 8.48. The SMILES string of the molecule is C[C-](O)[C@H]1C=C[C@](C)(O)CC1.[Re]. The number of hydrogen-bond donors (Lipinski definition) is 2. The number of rotatable bonds is 1. The molecule has 0 unspecified atom stereocenters. The molecule has 0 saturated carbocycles. The zero-order valence-electron chi connectivity index (χ0n) is 7.42. The number of aliphatic hydroxyl groups excluding tert-OH is 1. The van der Waals surface area contributed by atoms with E-state index in [2.05, 4.69) is 0 Å². The van der Waals surface area contributed by atoms with Crippen molar-refractivity contribution in [2.45, 2.75) is 32.3 Å². The van der Waals surface area contributed by atoms with Crippen LogP contribution in [0.5, 0.6) is 0 Å². The van der Waals surface area contributed by atoms with Crippen LogP contribution in [0.4, 0.5) is 0 Å². The van der Waals surface area contributed by atoms with Crippen LogP contribution in [-0.2, 0) is 20.4 Å². The fourth-order valence-electron chi connectivity index (χ4n) is 1.30. The van der Waals surface area contributed by atoms with Crippen molar-refractivity contribution >= 4 is 0 Å². The van der Waals surface area contributed by atoms with Crippen LogP contribution in [0.15, 0.2) is 12.2 Å². The Labute approximate surface area is 87.3 Å². The molecule has 2 atom stereocenters. The molecule has 1 aliphatic carbocycles. The third-order valence-corrected chi connectivity index (χ3v) is 2.19. The van der Waals surface area contributed by atoms with Gasteiger partial charge in [-0.15, -0.1) is 12.0 Å². The van der Waals surface area contributed by atoms with Crippen molar-refractivity contribution in [3.05, 3.63) is 18.3 Å². The summed E-state index contributed by atoms with van der Waals surface area (Å²) in [6.07, 6.45) is 5.65. The van der Waals surface area contributed by atoms with E-state index in [1.54, 1.807) is 19.9 Å². The maximum Gasteiger partial charge on any atom is 0.0798 e. The van der Waals surface area contributed by atoms with Gasteiger partial charge in [0.15, 0.2) is 0 Å². The standard InChI is InChI=1S/C9H15O2.Re/c1-7(10)8-3-5-9(2,11)6-4-8;/h3,5,8,10-11H,4,6H2,1-2H3;/q-1;/t8-,9-;/m0./s1. The van der Waals surface area contributed by atoms with Crippen molar-refractivity contribution in [3.8, 4) is 0 Å². The molecule has 0 heterocycles. The average Bonchev–Trinajstić information content (AvgIpc) is 1.86. The minimum Gasteiger partial charge on any atom is -0.563 e. The number of hydrogen-bond acceptors (Lipinski definition) is 2. The van der Waals surface area contributed by atoms with Crippen molar-refractivity contribution in [3.63, 3.8) is 0 Å². The number of aliphatic hydroxyl groups is 2. The minimum absolute atomic E-state index is 0. The molecule has 0 bridgehead atoms. The smallest absolute Gasteiger partial charge is 0.0798 e. The first-order chi connectivity index (χ1) is 5.01. The van der Waals surface area contributed by atoms with E-state index in [4.69, 9.17) is 5.11 Å². The van der Waals surface area contributed by atoms with E-state index >= 15 is 0 Å².